The first-order valence-electron chi connectivity index (χ1n) is 6.87. The van der Waals surface area contributed by atoms with E-state index in [-0.39, 0.29) is 6.04 Å². The van der Waals surface area contributed by atoms with Crippen molar-refractivity contribution in [1.82, 2.24) is 14.8 Å². The van der Waals surface area contributed by atoms with Gasteiger partial charge in [0.15, 0.2) is 0 Å². The summed E-state index contributed by atoms with van der Waals surface area (Å²) in [5, 5.41) is 4.26. The quantitative estimate of drug-likeness (QED) is 0.877. The number of hydrogen-bond acceptors (Lipinski definition) is 4. The molecule has 0 radical (unpaired) electrons. The summed E-state index contributed by atoms with van der Waals surface area (Å²) in [5.41, 5.74) is 7.30. The van der Waals surface area contributed by atoms with Crippen LogP contribution in [0.3, 0.4) is 0 Å². The molecule has 1 unspecified atom stereocenters. The van der Waals surface area contributed by atoms with Gasteiger partial charge in [0.05, 0.1) is 7.11 Å². The van der Waals surface area contributed by atoms with Crippen molar-refractivity contribution in [1.29, 1.82) is 0 Å². The highest BCUT2D eigenvalue weighted by molar-refractivity contribution is 5.36. The molecule has 0 saturated heterocycles. The Balaban J connectivity index is 2.15. The lowest BCUT2D eigenvalue weighted by Crippen LogP contribution is -2.19. The maximum absolute atomic E-state index is 6.30. The Labute approximate surface area is 119 Å². The van der Waals surface area contributed by atoms with Gasteiger partial charge in [-0.2, -0.15) is 5.10 Å². The molecule has 108 valence electrons. The minimum absolute atomic E-state index is 0.152. The molecule has 0 aliphatic heterocycles. The van der Waals surface area contributed by atoms with Gasteiger partial charge in [0.2, 0.25) is 0 Å². The highest BCUT2D eigenvalue weighted by atomic mass is 16.5. The number of para-hydroxylation sites is 1. The van der Waals surface area contributed by atoms with Crippen molar-refractivity contribution in [3.05, 3.63) is 42.0 Å². The smallest absolute Gasteiger partial charge is 0.138 e. The summed E-state index contributed by atoms with van der Waals surface area (Å²) in [5.74, 6) is 2.25. The first kappa shape index (κ1) is 14.5. The Hall–Kier alpha value is -1.88. The molecule has 0 aliphatic rings. The van der Waals surface area contributed by atoms with Crippen molar-refractivity contribution >= 4 is 0 Å². The van der Waals surface area contributed by atoms with E-state index in [1.165, 1.54) is 0 Å². The molecule has 5 nitrogen and oxygen atoms in total. The monoisotopic (exact) mass is 274 g/mol. The number of nitrogens with zero attached hydrogens (tertiary/aromatic N) is 3. The summed E-state index contributed by atoms with van der Waals surface area (Å²) in [6.07, 6.45) is 2.24. The van der Waals surface area contributed by atoms with E-state index in [1.54, 1.807) is 13.4 Å². The summed E-state index contributed by atoms with van der Waals surface area (Å²) < 4.78 is 7.29. The number of ether oxygens (including phenoxy) is 1. The summed E-state index contributed by atoms with van der Waals surface area (Å²) >= 11 is 0. The van der Waals surface area contributed by atoms with Gasteiger partial charge in [-0.3, -0.25) is 0 Å². The number of hydrogen-bond donors (Lipinski definition) is 1. The molecule has 2 aromatic rings. The molecule has 0 saturated carbocycles. The largest absolute Gasteiger partial charge is 0.496 e. The molecule has 20 heavy (non-hydrogen) atoms. The Morgan fingerprint density at radius 1 is 1.30 bits per heavy atom. The minimum atomic E-state index is -0.152. The topological polar surface area (TPSA) is 66.0 Å². The van der Waals surface area contributed by atoms with E-state index in [0.29, 0.717) is 12.3 Å². The Bertz CT molecular complexity index is 550. The number of aromatic nitrogens is 3. The SMILES string of the molecule is COc1ccccc1C(N)Cc1ncnn1CC(C)C. The summed E-state index contributed by atoms with van der Waals surface area (Å²) in [6, 6.07) is 7.68. The summed E-state index contributed by atoms with van der Waals surface area (Å²) in [4.78, 5) is 4.32. The molecule has 0 fully saturated rings. The van der Waals surface area contributed by atoms with E-state index in [1.807, 2.05) is 28.9 Å². The zero-order valence-corrected chi connectivity index (χ0v) is 12.3. The maximum atomic E-state index is 6.30. The fourth-order valence-corrected chi connectivity index (χ4v) is 2.22. The van der Waals surface area contributed by atoms with Crippen molar-refractivity contribution < 1.29 is 4.74 Å². The Kier molecular flexibility index (Phi) is 4.74. The second-order valence-corrected chi connectivity index (χ2v) is 5.30. The van der Waals surface area contributed by atoms with Crippen LogP contribution in [0.4, 0.5) is 0 Å². The van der Waals surface area contributed by atoms with Crippen LogP contribution in [0.5, 0.6) is 5.75 Å². The predicted molar refractivity (Wildman–Crippen MR) is 78.5 cm³/mol. The number of methoxy groups -OCH3 is 1. The number of rotatable bonds is 6. The molecular formula is C15H22N4O. The van der Waals surface area contributed by atoms with Crippen LogP contribution in [-0.4, -0.2) is 21.9 Å². The lowest BCUT2D eigenvalue weighted by molar-refractivity contribution is 0.403. The van der Waals surface area contributed by atoms with E-state index in [0.717, 1.165) is 23.7 Å². The third-order valence-corrected chi connectivity index (χ3v) is 3.17. The van der Waals surface area contributed by atoms with Gasteiger partial charge in [0.1, 0.15) is 17.9 Å². The van der Waals surface area contributed by atoms with Gasteiger partial charge in [0, 0.05) is 24.6 Å². The fourth-order valence-electron chi connectivity index (χ4n) is 2.22. The Morgan fingerprint density at radius 2 is 2.05 bits per heavy atom. The van der Waals surface area contributed by atoms with Gasteiger partial charge in [-0.15, -0.1) is 0 Å². The molecule has 1 atom stereocenters. The molecular weight excluding hydrogens is 252 g/mol. The third kappa shape index (κ3) is 3.36. The third-order valence-electron chi connectivity index (χ3n) is 3.17. The molecule has 0 amide bonds. The standard InChI is InChI=1S/C15H22N4O/c1-11(2)9-19-15(17-10-18-19)8-13(16)12-6-4-5-7-14(12)20-3/h4-7,10-11,13H,8-9,16H2,1-3H3. The van der Waals surface area contributed by atoms with Gasteiger partial charge in [-0.25, -0.2) is 9.67 Å². The first-order chi connectivity index (χ1) is 9.61. The molecule has 1 aromatic heterocycles. The van der Waals surface area contributed by atoms with Crippen molar-refractivity contribution in [3.8, 4) is 5.75 Å². The van der Waals surface area contributed by atoms with E-state index in [2.05, 4.69) is 23.9 Å². The molecule has 1 heterocycles. The van der Waals surface area contributed by atoms with E-state index in [9.17, 15) is 0 Å². The molecule has 1 aromatic carbocycles. The van der Waals surface area contributed by atoms with Crippen LogP contribution in [0.1, 0.15) is 31.3 Å². The van der Waals surface area contributed by atoms with Gasteiger partial charge in [-0.1, -0.05) is 32.0 Å². The average molecular weight is 274 g/mol. The molecule has 0 aliphatic carbocycles. The van der Waals surface area contributed by atoms with Crippen molar-refractivity contribution in [2.75, 3.05) is 7.11 Å². The Morgan fingerprint density at radius 3 is 2.75 bits per heavy atom. The highest BCUT2D eigenvalue weighted by Crippen LogP contribution is 2.25. The van der Waals surface area contributed by atoms with Crippen LogP contribution in [-0.2, 0) is 13.0 Å². The lowest BCUT2D eigenvalue weighted by Gasteiger charge is -2.16. The van der Waals surface area contributed by atoms with Crippen LogP contribution in [0, 0.1) is 5.92 Å². The van der Waals surface area contributed by atoms with E-state index in [4.69, 9.17) is 10.5 Å². The second kappa shape index (κ2) is 6.52. The van der Waals surface area contributed by atoms with Gasteiger partial charge < -0.3 is 10.5 Å². The van der Waals surface area contributed by atoms with E-state index < -0.39 is 0 Å². The molecule has 2 rings (SSSR count). The molecule has 5 heteroatoms. The van der Waals surface area contributed by atoms with Crippen LogP contribution >= 0.6 is 0 Å². The van der Waals surface area contributed by atoms with Crippen molar-refractivity contribution in [3.63, 3.8) is 0 Å². The van der Waals surface area contributed by atoms with Crippen LogP contribution in [0.2, 0.25) is 0 Å². The fraction of sp³-hybridized carbons (Fsp3) is 0.467. The minimum Gasteiger partial charge on any atom is -0.496 e. The van der Waals surface area contributed by atoms with Crippen LogP contribution in [0.25, 0.3) is 0 Å². The maximum Gasteiger partial charge on any atom is 0.138 e. The number of benzene rings is 1. The lowest BCUT2D eigenvalue weighted by atomic mass is 10.0. The zero-order chi connectivity index (χ0) is 14.5. The first-order valence-corrected chi connectivity index (χ1v) is 6.87. The molecule has 0 spiro atoms. The number of nitrogens with two attached hydrogens (primary N) is 1. The van der Waals surface area contributed by atoms with Crippen molar-refractivity contribution in [2.45, 2.75) is 32.9 Å². The molecule has 0 bridgehead atoms. The predicted octanol–water partition coefficient (Wildman–Crippen LogP) is 2.19. The second-order valence-electron chi connectivity index (χ2n) is 5.30. The van der Waals surface area contributed by atoms with Crippen LogP contribution < -0.4 is 10.5 Å². The van der Waals surface area contributed by atoms with Gasteiger partial charge in [0.25, 0.3) is 0 Å². The average Bonchev–Trinajstić information content (AvgIpc) is 2.85. The van der Waals surface area contributed by atoms with Gasteiger partial charge in [-0.05, 0) is 12.0 Å². The zero-order valence-electron chi connectivity index (χ0n) is 12.3. The summed E-state index contributed by atoms with van der Waals surface area (Å²) in [6.45, 7) is 5.17. The summed E-state index contributed by atoms with van der Waals surface area (Å²) in [7, 11) is 1.66. The highest BCUT2D eigenvalue weighted by Gasteiger charge is 2.15. The van der Waals surface area contributed by atoms with E-state index >= 15 is 0 Å². The van der Waals surface area contributed by atoms with Crippen molar-refractivity contribution in [2.24, 2.45) is 11.7 Å². The molecule has 2 N–H and O–H groups in total. The normalized spacial score (nSPS) is 12.7. The van der Waals surface area contributed by atoms with Crippen LogP contribution in [0.15, 0.2) is 30.6 Å². The van der Waals surface area contributed by atoms with Gasteiger partial charge >= 0.3 is 0 Å².